The fourth-order valence-corrected chi connectivity index (χ4v) is 1.64. The molecule has 4 nitrogen and oxygen atoms in total. The highest BCUT2D eigenvalue weighted by atomic mass is 16.3. The van der Waals surface area contributed by atoms with Crippen LogP contribution in [0.3, 0.4) is 0 Å². The highest BCUT2D eigenvalue weighted by Crippen LogP contribution is 2.17. The third-order valence-electron chi connectivity index (χ3n) is 2.70. The van der Waals surface area contributed by atoms with Gasteiger partial charge in [-0.1, -0.05) is 0 Å². The summed E-state index contributed by atoms with van der Waals surface area (Å²) in [7, 11) is 0. The molecule has 0 aromatic heterocycles. The first-order valence-corrected chi connectivity index (χ1v) is 6.04. The molecule has 0 amide bonds. The third-order valence-corrected chi connectivity index (χ3v) is 2.70. The van der Waals surface area contributed by atoms with E-state index >= 15 is 0 Å². The van der Waals surface area contributed by atoms with Crippen molar-refractivity contribution in [3.63, 3.8) is 0 Å². The molecule has 3 N–H and O–H groups in total. The van der Waals surface area contributed by atoms with Crippen molar-refractivity contribution in [3.8, 4) is 0 Å². The summed E-state index contributed by atoms with van der Waals surface area (Å²) in [4.78, 5) is 2.31. The molecule has 90 valence electrons. The zero-order chi connectivity index (χ0) is 10.9. The van der Waals surface area contributed by atoms with Gasteiger partial charge >= 0.3 is 0 Å². The minimum Gasteiger partial charge on any atom is -0.396 e. The van der Waals surface area contributed by atoms with E-state index in [1.807, 2.05) is 0 Å². The van der Waals surface area contributed by atoms with Crippen LogP contribution in [0.1, 0.15) is 25.7 Å². The molecule has 0 aliphatic heterocycles. The van der Waals surface area contributed by atoms with Crippen LogP contribution in [0.5, 0.6) is 0 Å². The summed E-state index contributed by atoms with van der Waals surface area (Å²) in [5.74, 6) is 0. The van der Waals surface area contributed by atoms with E-state index in [0.717, 1.165) is 45.1 Å². The predicted octanol–water partition coefficient (Wildman–Crippen LogP) is -0.195. The first-order valence-electron chi connectivity index (χ1n) is 6.04. The number of rotatable bonds is 10. The minimum atomic E-state index is 0.256. The van der Waals surface area contributed by atoms with Crippen molar-refractivity contribution in [1.82, 2.24) is 10.2 Å². The van der Waals surface area contributed by atoms with Crippen LogP contribution in [0.2, 0.25) is 0 Å². The molecular formula is C11H24N2O2. The zero-order valence-corrected chi connectivity index (χ0v) is 9.49. The molecule has 1 aliphatic carbocycles. The molecule has 0 unspecified atom stereocenters. The van der Waals surface area contributed by atoms with Crippen LogP contribution in [0.25, 0.3) is 0 Å². The van der Waals surface area contributed by atoms with Gasteiger partial charge in [-0.2, -0.15) is 0 Å². The van der Waals surface area contributed by atoms with Gasteiger partial charge in [-0.25, -0.2) is 0 Å². The monoisotopic (exact) mass is 216 g/mol. The molecule has 0 spiro atoms. The van der Waals surface area contributed by atoms with Crippen molar-refractivity contribution >= 4 is 0 Å². The molecular weight excluding hydrogens is 192 g/mol. The van der Waals surface area contributed by atoms with E-state index in [9.17, 15) is 0 Å². The molecule has 0 aromatic rings. The molecule has 0 bridgehead atoms. The van der Waals surface area contributed by atoms with Gasteiger partial charge < -0.3 is 20.4 Å². The number of nitrogens with one attached hydrogen (secondary N) is 1. The molecule has 0 saturated heterocycles. The van der Waals surface area contributed by atoms with Gasteiger partial charge in [0.15, 0.2) is 0 Å². The molecule has 1 aliphatic rings. The average Bonchev–Trinajstić information content (AvgIpc) is 3.05. The standard InChI is InChI=1S/C11H24N2O2/c14-9-1-6-13(7-2-10-15)8-5-12-11-3-4-11/h11-12,14-15H,1-10H2. The van der Waals surface area contributed by atoms with Crippen LogP contribution in [0, 0.1) is 0 Å². The fourth-order valence-electron chi connectivity index (χ4n) is 1.64. The summed E-state index contributed by atoms with van der Waals surface area (Å²) in [6.07, 6.45) is 4.31. The second kappa shape index (κ2) is 8.05. The maximum absolute atomic E-state index is 8.77. The van der Waals surface area contributed by atoms with Gasteiger partial charge in [0.2, 0.25) is 0 Å². The van der Waals surface area contributed by atoms with Gasteiger partial charge in [-0.15, -0.1) is 0 Å². The summed E-state index contributed by atoms with van der Waals surface area (Å²) in [5.41, 5.74) is 0. The fraction of sp³-hybridized carbons (Fsp3) is 1.00. The Balaban J connectivity index is 2.02. The van der Waals surface area contributed by atoms with Gasteiger partial charge in [0, 0.05) is 45.4 Å². The van der Waals surface area contributed by atoms with Gasteiger partial charge in [-0.3, -0.25) is 0 Å². The molecule has 4 heteroatoms. The Hall–Kier alpha value is -0.160. The SMILES string of the molecule is OCCCN(CCCO)CCNC1CC1. The van der Waals surface area contributed by atoms with E-state index in [0.29, 0.717) is 0 Å². The highest BCUT2D eigenvalue weighted by Gasteiger charge is 2.19. The largest absolute Gasteiger partial charge is 0.396 e. The Bertz CT molecular complexity index is 144. The van der Waals surface area contributed by atoms with Crippen molar-refractivity contribution in [2.24, 2.45) is 0 Å². The lowest BCUT2D eigenvalue weighted by molar-refractivity contribution is 0.202. The molecule has 1 saturated carbocycles. The first kappa shape index (κ1) is 12.9. The minimum absolute atomic E-state index is 0.256. The quantitative estimate of drug-likeness (QED) is 0.473. The van der Waals surface area contributed by atoms with Crippen molar-refractivity contribution < 1.29 is 10.2 Å². The normalized spacial score (nSPS) is 16.2. The number of hydrogen-bond acceptors (Lipinski definition) is 4. The zero-order valence-electron chi connectivity index (χ0n) is 9.49. The summed E-state index contributed by atoms with van der Waals surface area (Å²) in [6, 6.07) is 0.766. The van der Waals surface area contributed by atoms with E-state index in [-0.39, 0.29) is 13.2 Å². The van der Waals surface area contributed by atoms with Crippen LogP contribution < -0.4 is 5.32 Å². The number of aliphatic hydroxyl groups excluding tert-OH is 2. The molecule has 0 radical (unpaired) electrons. The molecule has 0 heterocycles. The van der Waals surface area contributed by atoms with Crippen LogP contribution in [-0.2, 0) is 0 Å². The Morgan fingerprint density at radius 2 is 1.60 bits per heavy atom. The first-order chi connectivity index (χ1) is 7.36. The number of aliphatic hydroxyl groups is 2. The van der Waals surface area contributed by atoms with Crippen molar-refractivity contribution in [3.05, 3.63) is 0 Å². The third kappa shape index (κ3) is 6.84. The van der Waals surface area contributed by atoms with Crippen LogP contribution in [0.4, 0.5) is 0 Å². The maximum atomic E-state index is 8.77. The Labute approximate surface area is 92.3 Å². The van der Waals surface area contributed by atoms with Crippen LogP contribution in [-0.4, -0.2) is 60.5 Å². The van der Waals surface area contributed by atoms with E-state index in [1.165, 1.54) is 12.8 Å². The van der Waals surface area contributed by atoms with Gasteiger partial charge in [0.1, 0.15) is 0 Å². The lowest BCUT2D eigenvalue weighted by atomic mass is 10.3. The Kier molecular flexibility index (Phi) is 6.92. The van der Waals surface area contributed by atoms with Gasteiger partial charge in [-0.05, 0) is 25.7 Å². The van der Waals surface area contributed by atoms with E-state index in [2.05, 4.69) is 10.2 Å². The second-order valence-corrected chi connectivity index (χ2v) is 4.22. The second-order valence-electron chi connectivity index (χ2n) is 4.22. The maximum Gasteiger partial charge on any atom is 0.0443 e. The van der Waals surface area contributed by atoms with Gasteiger partial charge in [0.25, 0.3) is 0 Å². The van der Waals surface area contributed by atoms with Crippen molar-refractivity contribution in [2.75, 3.05) is 39.4 Å². The van der Waals surface area contributed by atoms with E-state index in [1.54, 1.807) is 0 Å². The predicted molar refractivity (Wildman–Crippen MR) is 60.9 cm³/mol. The van der Waals surface area contributed by atoms with E-state index < -0.39 is 0 Å². The van der Waals surface area contributed by atoms with E-state index in [4.69, 9.17) is 10.2 Å². The van der Waals surface area contributed by atoms with Crippen molar-refractivity contribution in [2.45, 2.75) is 31.7 Å². The molecule has 0 aromatic carbocycles. The highest BCUT2D eigenvalue weighted by molar-refractivity contribution is 4.81. The molecule has 1 fully saturated rings. The molecule has 0 atom stereocenters. The van der Waals surface area contributed by atoms with Crippen molar-refractivity contribution in [1.29, 1.82) is 0 Å². The molecule has 15 heavy (non-hydrogen) atoms. The number of nitrogens with zero attached hydrogens (tertiary/aromatic N) is 1. The topological polar surface area (TPSA) is 55.7 Å². The van der Waals surface area contributed by atoms with Crippen LogP contribution >= 0.6 is 0 Å². The Morgan fingerprint density at radius 3 is 2.07 bits per heavy atom. The average molecular weight is 216 g/mol. The molecule has 1 rings (SSSR count). The Morgan fingerprint density at radius 1 is 1.00 bits per heavy atom. The summed E-state index contributed by atoms with van der Waals surface area (Å²) in [6.45, 7) is 4.43. The summed E-state index contributed by atoms with van der Waals surface area (Å²) < 4.78 is 0. The van der Waals surface area contributed by atoms with Gasteiger partial charge in [0.05, 0.1) is 0 Å². The smallest absolute Gasteiger partial charge is 0.0443 e. The lowest BCUT2D eigenvalue weighted by Crippen LogP contribution is -2.35. The van der Waals surface area contributed by atoms with Crippen LogP contribution in [0.15, 0.2) is 0 Å². The summed E-state index contributed by atoms with van der Waals surface area (Å²) in [5, 5.41) is 21.0. The lowest BCUT2D eigenvalue weighted by Gasteiger charge is -2.21. The summed E-state index contributed by atoms with van der Waals surface area (Å²) >= 11 is 0. The number of hydrogen-bond donors (Lipinski definition) is 3.